The van der Waals surface area contributed by atoms with Crippen molar-refractivity contribution in [2.75, 3.05) is 23.9 Å². The van der Waals surface area contributed by atoms with E-state index in [9.17, 15) is 4.79 Å². The number of aromatic nitrogens is 3. The monoisotopic (exact) mass is 369 g/mol. The molecule has 0 saturated heterocycles. The third kappa shape index (κ3) is 4.15. The summed E-state index contributed by atoms with van der Waals surface area (Å²) in [6, 6.07) is 14.6. The number of benzene rings is 2. The Labute approximate surface area is 155 Å². The highest BCUT2D eigenvalue weighted by atomic mass is 32.2. The fourth-order valence-corrected chi connectivity index (χ4v) is 3.08. The number of anilines is 2. The molecule has 0 radical (unpaired) electrons. The summed E-state index contributed by atoms with van der Waals surface area (Å²) in [6.45, 7) is 0. The van der Waals surface area contributed by atoms with Crippen LogP contribution in [0.25, 0.3) is 11.4 Å². The Balaban J connectivity index is 1.61. The third-order valence-electron chi connectivity index (χ3n) is 3.69. The Hall–Kier alpha value is -3.00. The van der Waals surface area contributed by atoms with Crippen LogP contribution in [0.5, 0.6) is 5.75 Å². The predicted octanol–water partition coefficient (Wildman–Crippen LogP) is 2.80. The average molecular weight is 369 g/mol. The maximum absolute atomic E-state index is 12.1. The normalized spacial score (nSPS) is 10.5. The van der Waals surface area contributed by atoms with Crippen molar-refractivity contribution in [2.45, 2.75) is 5.16 Å². The Morgan fingerprint density at radius 1 is 1.23 bits per heavy atom. The van der Waals surface area contributed by atoms with Gasteiger partial charge in [0.25, 0.3) is 0 Å². The first-order valence-electron chi connectivity index (χ1n) is 7.89. The van der Waals surface area contributed by atoms with Crippen molar-refractivity contribution >= 4 is 29.0 Å². The van der Waals surface area contributed by atoms with Crippen molar-refractivity contribution in [1.29, 1.82) is 0 Å². The lowest BCUT2D eigenvalue weighted by atomic mass is 10.2. The molecule has 0 bridgehead atoms. The minimum Gasteiger partial charge on any atom is -0.497 e. The van der Waals surface area contributed by atoms with E-state index in [1.165, 1.54) is 11.8 Å². The SMILES string of the molecule is COc1ccc(NC(=O)CSc2nnc(-c3cccc(N)c3)n2C)cc1. The number of carbonyl (C=O) groups is 1. The third-order valence-corrected chi connectivity index (χ3v) is 4.71. The van der Waals surface area contributed by atoms with Gasteiger partial charge in [0.2, 0.25) is 5.91 Å². The maximum Gasteiger partial charge on any atom is 0.234 e. The zero-order valence-electron chi connectivity index (χ0n) is 14.5. The first-order valence-corrected chi connectivity index (χ1v) is 8.87. The number of carbonyl (C=O) groups excluding carboxylic acids is 1. The molecule has 26 heavy (non-hydrogen) atoms. The van der Waals surface area contributed by atoms with Gasteiger partial charge in [-0.3, -0.25) is 4.79 Å². The fraction of sp³-hybridized carbons (Fsp3) is 0.167. The van der Waals surface area contributed by atoms with Crippen LogP contribution in [-0.4, -0.2) is 33.5 Å². The first kappa shape index (κ1) is 17.8. The number of nitrogens with one attached hydrogen (secondary N) is 1. The molecule has 3 aromatic rings. The number of nitrogens with two attached hydrogens (primary N) is 1. The number of thioether (sulfide) groups is 1. The molecule has 3 rings (SSSR count). The average Bonchev–Trinajstić information content (AvgIpc) is 3.01. The van der Waals surface area contributed by atoms with E-state index in [4.69, 9.17) is 10.5 Å². The molecular weight excluding hydrogens is 350 g/mol. The predicted molar refractivity (Wildman–Crippen MR) is 103 cm³/mol. The summed E-state index contributed by atoms with van der Waals surface area (Å²) in [7, 11) is 3.46. The Morgan fingerprint density at radius 3 is 2.69 bits per heavy atom. The second kappa shape index (κ2) is 7.92. The van der Waals surface area contributed by atoms with Crippen LogP contribution in [0.1, 0.15) is 0 Å². The van der Waals surface area contributed by atoms with Crippen LogP contribution < -0.4 is 15.8 Å². The van der Waals surface area contributed by atoms with Crippen LogP contribution >= 0.6 is 11.8 Å². The summed E-state index contributed by atoms with van der Waals surface area (Å²) in [5.74, 6) is 1.56. The van der Waals surface area contributed by atoms with Gasteiger partial charge in [0.15, 0.2) is 11.0 Å². The van der Waals surface area contributed by atoms with Crippen molar-refractivity contribution in [1.82, 2.24) is 14.8 Å². The molecule has 1 amide bonds. The van der Waals surface area contributed by atoms with Crippen molar-refractivity contribution in [3.63, 3.8) is 0 Å². The van der Waals surface area contributed by atoms with Gasteiger partial charge in [-0.25, -0.2) is 0 Å². The zero-order valence-corrected chi connectivity index (χ0v) is 15.3. The molecule has 8 heteroatoms. The minimum absolute atomic E-state index is 0.117. The molecule has 0 aliphatic rings. The van der Waals surface area contributed by atoms with Gasteiger partial charge in [0.05, 0.1) is 12.9 Å². The van der Waals surface area contributed by atoms with Crippen molar-refractivity contribution < 1.29 is 9.53 Å². The number of nitrogen functional groups attached to an aromatic ring is 1. The molecule has 0 aliphatic carbocycles. The topological polar surface area (TPSA) is 95.1 Å². The highest BCUT2D eigenvalue weighted by Crippen LogP contribution is 2.24. The number of nitrogens with zero attached hydrogens (tertiary/aromatic N) is 3. The van der Waals surface area contributed by atoms with Gasteiger partial charge in [-0.05, 0) is 36.4 Å². The first-order chi connectivity index (χ1) is 12.6. The molecule has 0 fully saturated rings. The molecule has 134 valence electrons. The lowest BCUT2D eigenvalue weighted by molar-refractivity contribution is -0.113. The van der Waals surface area contributed by atoms with Crippen LogP contribution in [0.4, 0.5) is 11.4 Å². The van der Waals surface area contributed by atoms with Gasteiger partial charge in [-0.2, -0.15) is 0 Å². The molecule has 0 aliphatic heterocycles. The lowest BCUT2D eigenvalue weighted by Crippen LogP contribution is -2.14. The van der Waals surface area contributed by atoms with Gasteiger partial charge >= 0.3 is 0 Å². The Morgan fingerprint density at radius 2 is 2.00 bits per heavy atom. The number of rotatable bonds is 6. The van der Waals surface area contributed by atoms with E-state index in [1.807, 2.05) is 35.9 Å². The summed E-state index contributed by atoms with van der Waals surface area (Å²) >= 11 is 1.32. The van der Waals surface area contributed by atoms with Gasteiger partial charge in [0.1, 0.15) is 5.75 Å². The minimum atomic E-state index is -0.117. The molecule has 7 nitrogen and oxygen atoms in total. The van der Waals surface area contributed by atoms with E-state index in [0.29, 0.717) is 16.7 Å². The maximum atomic E-state index is 12.1. The molecule has 1 heterocycles. The fourth-order valence-electron chi connectivity index (χ4n) is 2.37. The summed E-state index contributed by atoms with van der Waals surface area (Å²) in [4.78, 5) is 12.1. The number of hydrogen-bond donors (Lipinski definition) is 2. The van der Waals surface area contributed by atoms with E-state index in [1.54, 1.807) is 31.4 Å². The van der Waals surface area contributed by atoms with E-state index < -0.39 is 0 Å². The van der Waals surface area contributed by atoms with Crippen LogP contribution in [0.15, 0.2) is 53.7 Å². The largest absolute Gasteiger partial charge is 0.497 e. The summed E-state index contributed by atoms with van der Waals surface area (Å²) in [5.41, 5.74) is 8.09. The van der Waals surface area contributed by atoms with Gasteiger partial charge in [0, 0.05) is 24.0 Å². The zero-order chi connectivity index (χ0) is 18.5. The second-order valence-corrected chi connectivity index (χ2v) is 6.50. The molecule has 0 unspecified atom stereocenters. The van der Waals surface area contributed by atoms with Gasteiger partial charge < -0.3 is 20.4 Å². The number of amides is 1. The van der Waals surface area contributed by atoms with Gasteiger partial charge in [-0.1, -0.05) is 23.9 Å². The summed E-state index contributed by atoms with van der Waals surface area (Å²) in [5, 5.41) is 11.9. The van der Waals surface area contributed by atoms with Crippen LogP contribution in [0.3, 0.4) is 0 Å². The van der Waals surface area contributed by atoms with Gasteiger partial charge in [-0.15, -0.1) is 10.2 Å². The van der Waals surface area contributed by atoms with E-state index in [2.05, 4.69) is 15.5 Å². The highest BCUT2D eigenvalue weighted by Gasteiger charge is 2.13. The summed E-state index contributed by atoms with van der Waals surface area (Å²) in [6.07, 6.45) is 0. The van der Waals surface area contributed by atoms with Crippen molar-refractivity contribution in [3.05, 3.63) is 48.5 Å². The standard InChI is InChI=1S/C18H19N5O2S/c1-23-17(12-4-3-5-13(19)10-12)21-22-18(23)26-11-16(24)20-14-6-8-15(25-2)9-7-14/h3-10H,11,19H2,1-2H3,(H,20,24). The molecular formula is C18H19N5O2S. The molecule has 0 atom stereocenters. The summed E-state index contributed by atoms with van der Waals surface area (Å²) < 4.78 is 6.94. The van der Waals surface area contributed by atoms with E-state index >= 15 is 0 Å². The molecule has 1 aromatic heterocycles. The molecule has 3 N–H and O–H groups in total. The van der Waals surface area contributed by atoms with Crippen LogP contribution in [0.2, 0.25) is 0 Å². The smallest absolute Gasteiger partial charge is 0.234 e. The van der Waals surface area contributed by atoms with Crippen molar-refractivity contribution in [3.8, 4) is 17.1 Å². The number of methoxy groups -OCH3 is 1. The number of ether oxygens (including phenoxy) is 1. The molecule has 0 spiro atoms. The quantitative estimate of drug-likeness (QED) is 0.512. The second-order valence-electron chi connectivity index (χ2n) is 5.56. The van der Waals surface area contributed by atoms with E-state index in [-0.39, 0.29) is 11.7 Å². The lowest BCUT2D eigenvalue weighted by Gasteiger charge is -2.07. The highest BCUT2D eigenvalue weighted by molar-refractivity contribution is 7.99. The molecule has 0 saturated carbocycles. The van der Waals surface area contributed by atoms with Crippen LogP contribution in [0, 0.1) is 0 Å². The van der Waals surface area contributed by atoms with Crippen molar-refractivity contribution in [2.24, 2.45) is 7.05 Å². The van der Waals surface area contributed by atoms with Crippen LogP contribution in [-0.2, 0) is 11.8 Å². The molecule has 2 aromatic carbocycles. The number of hydrogen-bond acceptors (Lipinski definition) is 6. The Bertz CT molecular complexity index is 908. The Kier molecular flexibility index (Phi) is 5.43. The van der Waals surface area contributed by atoms with E-state index in [0.717, 1.165) is 17.0 Å².